The number of nitrogens with zero attached hydrogens (tertiary/aromatic N) is 4. The number of halogens is 3. The highest BCUT2D eigenvalue weighted by atomic mass is 35.5. The normalized spacial score (nSPS) is 14.5. The fourth-order valence-electron chi connectivity index (χ4n) is 3.84. The Morgan fingerprint density at radius 1 is 1.00 bits per heavy atom. The summed E-state index contributed by atoms with van der Waals surface area (Å²) in [5.41, 5.74) is 3.36. The maximum atomic E-state index is 12.9. The van der Waals surface area contributed by atoms with Gasteiger partial charge in [0, 0.05) is 54.0 Å². The molecule has 2 heterocycles. The fourth-order valence-corrected chi connectivity index (χ4v) is 4.42. The van der Waals surface area contributed by atoms with Crippen LogP contribution in [-0.4, -0.2) is 51.7 Å². The molecule has 4 rings (SSSR count). The molecule has 3 aromatic rings. The van der Waals surface area contributed by atoms with Gasteiger partial charge in [0.15, 0.2) is 12.4 Å². The number of piperazine rings is 1. The van der Waals surface area contributed by atoms with Crippen molar-refractivity contribution < 1.29 is 9.53 Å². The van der Waals surface area contributed by atoms with Gasteiger partial charge in [-0.15, -0.1) is 0 Å². The summed E-state index contributed by atoms with van der Waals surface area (Å²) in [5.74, 6) is 0.644. The van der Waals surface area contributed by atoms with E-state index in [2.05, 4.69) is 10.00 Å². The highest BCUT2D eigenvalue weighted by Crippen LogP contribution is 2.26. The molecule has 0 aliphatic carbocycles. The van der Waals surface area contributed by atoms with E-state index in [0.29, 0.717) is 28.8 Å². The molecule has 0 unspecified atom stereocenters. The number of hydrogen-bond acceptors (Lipinski definition) is 4. The Morgan fingerprint density at radius 3 is 2.36 bits per heavy atom. The van der Waals surface area contributed by atoms with E-state index in [-0.39, 0.29) is 12.6 Å². The number of rotatable bonds is 6. The van der Waals surface area contributed by atoms with E-state index in [1.54, 1.807) is 23.0 Å². The third-order valence-electron chi connectivity index (χ3n) is 5.70. The molecule has 0 N–H and O–H groups in total. The average molecular weight is 508 g/mol. The van der Waals surface area contributed by atoms with E-state index in [4.69, 9.17) is 39.5 Å². The molecular weight excluding hydrogens is 483 g/mol. The standard InChI is InChI=1S/C24H25Cl3N4O2/c1-16-11-20(12-17(2)23(16)27)33-15-31-6-5-22(28-31)24(32)30-9-7-29(8-10-30)14-18-3-4-19(25)13-21(18)26/h3-6,11-13H,7-10,14-15H2,1-2H3. The van der Waals surface area contributed by atoms with Crippen LogP contribution in [0.5, 0.6) is 5.75 Å². The van der Waals surface area contributed by atoms with Crippen LogP contribution in [0, 0.1) is 13.8 Å². The SMILES string of the molecule is Cc1cc(OCn2ccc(C(=O)N3CCN(Cc4ccc(Cl)cc4Cl)CC3)n2)cc(C)c1Cl. The van der Waals surface area contributed by atoms with Crippen LogP contribution in [0.3, 0.4) is 0 Å². The number of hydrogen-bond donors (Lipinski definition) is 0. The lowest BCUT2D eigenvalue weighted by Gasteiger charge is -2.34. The van der Waals surface area contributed by atoms with Gasteiger partial charge in [-0.2, -0.15) is 5.10 Å². The summed E-state index contributed by atoms with van der Waals surface area (Å²) in [7, 11) is 0. The van der Waals surface area contributed by atoms with Crippen molar-refractivity contribution >= 4 is 40.7 Å². The van der Waals surface area contributed by atoms with Crippen LogP contribution in [0.2, 0.25) is 15.1 Å². The number of amides is 1. The van der Waals surface area contributed by atoms with E-state index in [1.807, 2.05) is 43.0 Å². The molecule has 0 spiro atoms. The summed E-state index contributed by atoms with van der Waals surface area (Å²) in [6.07, 6.45) is 1.75. The zero-order valence-corrected chi connectivity index (χ0v) is 20.8. The van der Waals surface area contributed by atoms with Gasteiger partial charge < -0.3 is 9.64 Å². The van der Waals surface area contributed by atoms with Crippen LogP contribution in [0.15, 0.2) is 42.6 Å². The quantitative estimate of drug-likeness (QED) is 0.445. The molecule has 0 atom stereocenters. The average Bonchev–Trinajstić information content (AvgIpc) is 3.27. The number of carbonyl (C=O) groups is 1. The van der Waals surface area contributed by atoms with E-state index in [1.165, 1.54) is 0 Å². The first kappa shape index (κ1) is 23.9. The van der Waals surface area contributed by atoms with Gasteiger partial charge in [-0.25, -0.2) is 4.68 Å². The van der Waals surface area contributed by atoms with Crippen LogP contribution in [-0.2, 0) is 13.3 Å². The van der Waals surface area contributed by atoms with Gasteiger partial charge in [-0.1, -0.05) is 40.9 Å². The van der Waals surface area contributed by atoms with Crippen molar-refractivity contribution in [2.45, 2.75) is 27.1 Å². The molecule has 1 amide bonds. The number of aromatic nitrogens is 2. The predicted octanol–water partition coefficient (Wildman–Crippen LogP) is 5.45. The van der Waals surface area contributed by atoms with Crippen molar-refractivity contribution in [3.63, 3.8) is 0 Å². The maximum absolute atomic E-state index is 12.9. The summed E-state index contributed by atoms with van der Waals surface area (Å²) in [6.45, 7) is 7.63. The van der Waals surface area contributed by atoms with Crippen molar-refractivity contribution in [2.75, 3.05) is 26.2 Å². The molecule has 9 heteroatoms. The second kappa shape index (κ2) is 10.3. The van der Waals surface area contributed by atoms with Gasteiger partial charge in [0.2, 0.25) is 0 Å². The monoisotopic (exact) mass is 506 g/mol. The van der Waals surface area contributed by atoms with Crippen LogP contribution >= 0.6 is 34.8 Å². The molecule has 2 aromatic carbocycles. The lowest BCUT2D eigenvalue weighted by atomic mass is 10.1. The highest BCUT2D eigenvalue weighted by Gasteiger charge is 2.24. The number of ether oxygens (including phenoxy) is 1. The Hall–Kier alpha value is -2.25. The molecule has 0 saturated carbocycles. The van der Waals surface area contributed by atoms with Gasteiger partial charge in [-0.3, -0.25) is 9.69 Å². The molecular formula is C24H25Cl3N4O2. The van der Waals surface area contributed by atoms with Gasteiger partial charge in [0.1, 0.15) is 5.75 Å². The second-order valence-electron chi connectivity index (χ2n) is 8.19. The molecule has 6 nitrogen and oxygen atoms in total. The molecule has 1 fully saturated rings. The third kappa shape index (κ3) is 5.82. The summed E-state index contributed by atoms with van der Waals surface area (Å²) in [6, 6.07) is 11.1. The summed E-state index contributed by atoms with van der Waals surface area (Å²) >= 11 is 18.5. The molecule has 33 heavy (non-hydrogen) atoms. The summed E-state index contributed by atoms with van der Waals surface area (Å²) in [4.78, 5) is 17.0. The van der Waals surface area contributed by atoms with Crippen molar-refractivity contribution in [2.24, 2.45) is 0 Å². The van der Waals surface area contributed by atoms with Crippen LogP contribution in [0.1, 0.15) is 27.2 Å². The van der Waals surface area contributed by atoms with Crippen molar-refractivity contribution in [3.8, 4) is 5.75 Å². The van der Waals surface area contributed by atoms with Crippen LogP contribution in [0.25, 0.3) is 0 Å². The van der Waals surface area contributed by atoms with E-state index in [0.717, 1.165) is 47.1 Å². The first-order chi connectivity index (χ1) is 15.8. The van der Waals surface area contributed by atoms with Crippen molar-refractivity contribution in [1.82, 2.24) is 19.6 Å². The minimum atomic E-state index is -0.0730. The second-order valence-corrected chi connectivity index (χ2v) is 9.41. The minimum absolute atomic E-state index is 0.0730. The Bertz CT molecular complexity index is 1130. The molecule has 1 aromatic heterocycles. The highest BCUT2D eigenvalue weighted by molar-refractivity contribution is 6.35. The largest absolute Gasteiger partial charge is 0.471 e. The molecule has 1 aliphatic heterocycles. The number of carbonyl (C=O) groups excluding carboxylic acids is 1. The zero-order chi connectivity index (χ0) is 23.5. The fraction of sp³-hybridized carbons (Fsp3) is 0.333. The van der Waals surface area contributed by atoms with Gasteiger partial charge in [-0.05, 0) is 60.9 Å². The predicted molar refractivity (Wildman–Crippen MR) is 131 cm³/mol. The topological polar surface area (TPSA) is 50.6 Å². The lowest BCUT2D eigenvalue weighted by Crippen LogP contribution is -2.48. The Labute approximate surface area is 208 Å². The van der Waals surface area contributed by atoms with Gasteiger partial charge >= 0.3 is 0 Å². The van der Waals surface area contributed by atoms with Crippen molar-refractivity contribution in [3.05, 3.63) is 80.0 Å². The summed E-state index contributed by atoms with van der Waals surface area (Å²) in [5, 5.41) is 6.43. The van der Waals surface area contributed by atoms with E-state index in [9.17, 15) is 4.79 Å². The van der Waals surface area contributed by atoms with Crippen LogP contribution < -0.4 is 4.74 Å². The van der Waals surface area contributed by atoms with Gasteiger partial charge in [0.05, 0.1) is 0 Å². The zero-order valence-electron chi connectivity index (χ0n) is 18.5. The third-order valence-corrected chi connectivity index (χ3v) is 6.88. The van der Waals surface area contributed by atoms with Crippen LogP contribution in [0.4, 0.5) is 0 Å². The Morgan fingerprint density at radius 2 is 1.70 bits per heavy atom. The molecule has 0 radical (unpaired) electrons. The minimum Gasteiger partial charge on any atom is -0.471 e. The smallest absolute Gasteiger partial charge is 0.274 e. The van der Waals surface area contributed by atoms with E-state index < -0.39 is 0 Å². The maximum Gasteiger partial charge on any atom is 0.274 e. The lowest BCUT2D eigenvalue weighted by molar-refractivity contribution is 0.0621. The van der Waals surface area contributed by atoms with Crippen molar-refractivity contribution in [1.29, 1.82) is 0 Å². The first-order valence-electron chi connectivity index (χ1n) is 10.7. The first-order valence-corrected chi connectivity index (χ1v) is 11.8. The molecule has 174 valence electrons. The number of aryl methyl sites for hydroxylation is 2. The molecule has 0 bridgehead atoms. The van der Waals surface area contributed by atoms with Gasteiger partial charge in [0.25, 0.3) is 5.91 Å². The molecule has 1 aliphatic rings. The summed E-state index contributed by atoms with van der Waals surface area (Å²) < 4.78 is 7.44. The Kier molecular flexibility index (Phi) is 7.49. The molecule has 1 saturated heterocycles. The Balaban J connectivity index is 1.30. The number of benzene rings is 2. The van der Waals surface area contributed by atoms with E-state index >= 15 is 0 Å².